The van der Waals surface area contributed by atoms with E-state index in [9.17, 15) is 18.3 Å². The molecule has 1 N–H and O–H groups in total. The zero-order valence-electron chi connectivity index (χ0n) is 10.9. The zero-order valence-corrected chi connectivity index (χ0v) is 10.9. The van der Waals surface area contributed by atoms with Gasteiger partial charge in [0.1, 0.15) is 0 Å². The number of benzene rings is 1. The molecule has 1 heterocycles. The highest BCUT2D eigenvalue weighted by Crippen LogP contribution is 2.33. The van der Waals surface area contributed by atoms with Crippen molar-refractivity contribution in [3.63, 3.8) is 0 Å². The minimum Gasteiger partial charge on any atom is -0.393 e. The van der Waals surface area contributed by atoms with Gasteiger partial charge in [0, 0.05) is 18.8 Å². The third-order valence-corrected chi connectivity index (χ3v) is 3.54. The van der Waals surface area contributed by atoms with Crippen LogP contribution in [0.4, 0.5) is 18.9 Å². The Balaban J connectivity index is 2.29. The van der Waals surface area contributed by atoms with Gasteiger partial charge in [-0.1, -0.05) is 6.92 Å². The molecule has 106 valence electrons. The molecule has 0 atom stereocenters. The normalized spacial score (nSPS) is 17.8. The highest BCUT2D eigenvalue weighted by atomic mass is 19.4. The number of alkyl halides is 3. The summed E-state index contributed by atoms with van der Waals surface area (Å²) in [4.78, 5) is 1.92. The summed E-state index contributed by atoms with van der Waals surface area (Å²) in [5.74, 6) is 0. The van der Waals surface area contributed by atoms with E-state index in [1.54, 1.807) is 0 Å². The maximum atomic E-state index is 12.9. The smallest absolute Gasteiger partial charge is 0.393 e. The first-order chi connectivity index (χ1) is 8.90. The van der Waals surface area contributed by atoms with Crippen LogP contribution >= 0.6 is 0 Å². The SMILES string of the molecule is CCc1cc(N2CCC(O)CC2)cc(C(F)(F)F)c1. The molecule has 0 aliphatic carbocycles. The first-order valence-corrected chi connectivity index (χ1v) is 6.54. The number of hydrogen-bond donors (Lipinski definition) is 1. The molecule has 0 spiro atoms. The molecule has 1 saturated heterocycles. The van der Waals surface area contributed by atoms with E-state index in [2.05, 4.69) is 0 Å². The average molecular weight is 273 g/mol. The van der Waals surface area contributed by atoms with E-state index in [-0.39, 0.29) is 6.10 Å². The third-order valence-electron chi connectivity index (χ3n) is 3.54. The average Bonchev–Trinajstić information content (AvgIpc) is 2.38. The van der Waals surface area contributed by atoms with Gasteiger partial charge in [0.05, 0.1) is 11.7 Å². The van der Waals surface area contributed by atoms with Gasteiger partial charge in [-0.2, -0.15) is 13.2 Å². The molecule has 5 heteroatoms. The Kier molecular flexibility index (Phi) is 4.04. The van der Waals surface area contributed by atoms with E-state index in [1.807, 2.05) is 17.9 Å². The van der Waals surface area contributed by atoms with Crippen LogP contribution in [0, 0.1) is 0 Å². The van der Waals surface area contributed by atoms with Gasteiger partial charge in [0.25, 0.3) is 0 Å². The molecule has 1 fully saturated rings. The number of anilines is 1. The number of halogens is 3. The molecule has 0 aromatic heterocycles. The summed E-state index contributed by atoms with van der Waals surface area (Å²) >= 11 is 0. The quantitative estimate of drug-likeness (QED) is 0.894. The molecule has 19 heavy (non-hydrogen) atoms. The predicted molar refractivity (Wildman–Crippen MR) is 68.3 cm³/mol. The molecule has 2 nitrogen and oxygen atoms in total. The fourth-order valence-electron chi connectivity index (χ4n) is 2.35. The summed E-state index contributed by atoms with van der Waals surface area (Å²) in [6.07, 6.45) is -2.84. The molecule has 0 radical (unpaired) electrons. The van der Waals surface area contributed by atoms with Crippen LogP contribution in [-0.2, 0) is 12.6 Å². The van der Waals surface area contributed by atoms with Gasteiger partial charge < -0.3 is 10.0 Å². The number of aryl methyl sites for hydroxylation is 1. The number of nitrogens with zero attached hydrogens (tertiary/aromatic N) is 1. The van der Waals surface area contributed by atoms with Crippen molar-refractivity contribution in [3.8, 4) is 0 Å². The van der Waals surface area contributed by atoms with Gasteiger partial charge in [0.2, 0.25) is 0 Å². The van der Waals surface area contributed by atoms with Crippen molar-refractivity contribution in [3.05, 3.63) is 29.3 Å². The minimum atomic E-state index is -4.31. The number of aliphatic hydroxyl groups is 1. The molecule has 0 saturated carbocycles. The van der Waals surface area contributed by atoms with Crippen LogP contribution in [0.3, 0.4) is 0 Å². The number of aliphatic hydroxyl groups excluding tert-OH is 1. The zero-order chi connectivity index (χ0) is 14.0. The van der Waals surface area contributed by atoms with E-state index < -0.39 is 11.7 Å². The standard InChI is InChI=1S/C14H18F3NO/c1-2-10-7-11(14(15,16)17)9-12(8-10)18-5-3-13(19)4-6-18/h7-9,13,19H,2-6H2,1H3. The van der Waals surface area contributed by atoms with Gasteiger partial charge in [-0.3, -0.25) is 0 Å². The third kappa shape index (κ3) is 3.41. The van der Waals surface area contributed by atoms with E-state index in [0.717, 1.165) is 0 Å². The van der Waals surface area contributed by atoms with Crippen LogP contribution < -0.4 is 4.90 Å². The van der Waals surface area contributed by atoms with Crippen molar-refractivity contribution >= 4 is 5.69 Å². The summed E-state index contributed by atoms with van der Waals surface area (Å²) in [5, 5.41) is 9.45. The summed E-state index contributed by atoms with van der Waals surface area (Å²) in [6.45, 7) is 3.05. The second-order valence-corrected chi connectivity index (χ2v) is 4.96. The second-order valence-electron chi connectivity index (χ2n) is 4.96. The van der Waals surface area contributed by atoms with Crippen LogP contribution in [-0.4, -0.2) is 24.3 Å². The van der Waals surface area contributed by atoms with E-state index in [4.69, 9.17) is 0 Å². The Hall–Kier alpha value is -1.23. The minimum absolute atomic E-state index is 0.326. The highest BCUT2D eigenvalue weighted by molar-refractivity contribution is 5.52. The molecular formula is C14H18F3NO. The fourth-order valence-corrected chi connectivity index (χ4v) is 2.35. The van der Waals surface area contributed by atoms with E-state index in [1.165, 1.54) is 12.1 Å². The second kappa shape index (κ2) is 5.41. The molecule has 1 aromatic carbocycles. The van der Waals surface area contributed by atoms with Crippen LogP contribution in [0.15, 0.2) is 18.2 Å². The van der Waals surface area contributed by atoms with Gasteiger partial charge in [-0.25, -0.2) is 0 Å². The molecule has 1 aliphatic rings. The van der Waals surface area contributed by atoms with Crippen LogP contribution in [0.5, 0.6) is 0 Å². The predicted octanol–water partition coefficient (Wildman–Crippen LogP) is 3.23. The number of rotatable bonds is 2. The Labute approximate surface area is 110 Å². The molecule has 1 aliphatic heterocycles. The van der Waals surface area contributed by atoms with Gasteiger partial charge in [0.15, 0.2) is 0 Å². The van der Waals surface area contributed by atoms with Crippen molar-refractivity contribution in [1.29, 1.82) is 0 Å². The molecule has 2 rings (SSSR count). The van der Waals surface area contributed by atoms with Gasteiger partial charge in [-0.15, -0.1) is 0 Å². The Bertz CT molecular complexity index is 437. The van der Waals surface area contributed by atoms with E-state index >= 15 is 0 Å². The van der Waals surface area contributed by atoms with Crippen molar-refractivity contribution in [2.45, 2.75) is 38.5 Å². The van der Waals surface area contributed by atoms with Crippen LogP contribution in [0.1, 0.15) is 30.9 Å². The molecule has 0 bridgehead atoms. The van der Waals surface area contributed by atoms with Gasteiger partial charge in [-0.05, 0) is 43.0 Å². The topological polar surface area (TPSA) is 23.5 Å². The Morgan fingerprint density at radius 1 is 1.21 bits per heavy atom. The van der Waals surface area contributed by atoms with Crippen LogP contribution in [0.25, 0.3) is 0 Å². The van der Waals surface area contributed by atoms with Gasteiger partial charge >= 0.3 is 6.18 Å². The lowest BCUT2D eigenvalue weighted by Crippen LogP contribution is -2.36. The molecular weight excluding hydrogens is 255 g/mol. The molecule has 0 amide bonds. The summed E-state index contributed by atoms with van der Waals surface area (Å²) < 4.78 is 38.6. The van der Waals surface area contributed by atoms with Crippen molar-refractivity contribution in [2.75, 3.05) is 18.0 Å². The number of hydrogen-bond acceptors (Lipinski definition) is 2. The summed E-state index contributed by atoms with van der Waals surface area (Å²) in [5.41, 5.74) is 0.711. The monoisotopic (exact) mass is 273 g/mol. The first kappa shape index (κ1) is 14.2. The first-order valence-electron chi connectivity index (χ1n) is 6.54. The highest BCUT2D eigenvalue weighted by Gasteiger charge is 2.31. The maximum absolute atomic E-state index is 12.9. The van der Waals surface area contributed by atoms with Crippen molar-refractivity contribution < 1.29 is 18.3 Å². The Morgan fingerprint density at radius 3 is 2.37 bits per heavy atom. The molecule has 0 unspecified atom stereocenters. The maximum Gasteiger partial charge on any atom is 0.416 e. The molecule has 1 aromatic rings. The number of piperidine rings is 1. The summed E-state index contributed by atoms with van der Waals surface area (Å²) in [7, 11) is 0. The lowest BCUT2D eigenvalue weighted by Gasteiger charge is -2.32. The Morgan fingerprint density at radius 2 is 1.84 bits per heavy atom. The van der Waals surface area contributed by atoms with Crippen LogP contribution in [0.2, 0.25) is 0 Å². The fraction of sp³-hybridized carbons (Fsp3) is 0.571. The largest absolute Gasteiger partial charge is 0.416 e. The lowest BCUT2D eigenvalue weighted by molar-refractivity contribution is -0.137. The lowest BCUT2D eigenvalue weighted by atomic mass is 10.0. The van der Waals surface area contributed by atoms with E-state index in [0.29, 0.717) is 43.6 Å². The van der Waals surface area contributed by atoms with Crippen molar-refractivity contribution in [1.82, 2.24) is 0 Å². The van der Waals surface area contributed by atoms with Crippen molar-refractivity contribution in [2.24, 2.45) is 0 Å². The summed E-state index contributed by atoms with van der Waals surface area (Å²) in [6, 6.07) is 4.23.